The molecule has 6 nitrogen and oxygen atoms in total. The Labute approximate surface area is 91.5 Å². The van der Waals surface area contributed by atoms with Crippen LogP contribution in [0.3, 0.4) is 0 Å². The van der Waals surface area contributed by atoms with E-state index in [1.165, 1.54) is 6.07 Å². The predicted molar refractivity (Wildman–Crippen MR) is 57.0 cm³/mol. The van der Waals surface area contributed by atoms with Crippen LogP contribution in [0.5, 0.6) is 0 Å². The monoisotopic (exact) mass is 221 g/mol. The average molecular weight is 221 g/mol. The maximum atomic E-state index is 11.0. The molecular formula is C10H11N3O3. The standard InChI is InChI=1S/C10H9N3O2.H2O/c1-13-6-5-12-9(13)8-7(10(14)15)3-2-4-11-8;/h2-6H,1H3,(H,14,15);1H2. The fourth-order valence-electron chi connectivity index (χ4n) is 1.35. The third-order valence-corrected chi connectivity index (χ3v) is 2.07. The number of pyridine rings is 1. The van der Waals surface area contributed by atoms with Crippen molar-refractivity contribution in [1.82, 2.24) is 14.5 Å². The lowest BCUT2D eigenvalue weighted by Crippen LogP contribution is -2.04. The largest absolute Gasteiger partial charge is 0.478 e. The molecular weight excluding hydrogens is 210 g/mol. The van der Waals surface area contributed by atoms with Gasteiger partial charge in [-0.15, -0.1) is 0 Å². The molecule has 0 spiro atoms. The van der Waals surface area contributed by atoms with E-state index in [2.05, 4.69) is 9.97 Å². The molecule has 0 aromatic carbocycles. The molecule has 2 heterocycles. The van der Waals surface area contributed by atoms with Crippen molar-refractivity contribution in [1.29, 1.82) is 0 Å². The highest BCUT2D eigenvalue weighted by atomic mass is 16.4. The summed E-state index contributed by atoms with van der Waals surface area (Å²) in [6.45, 7) is 0. The number of rotatable bonds is 2. The quantitative estimate of drug-likeness (QED) is 0.790. The van der Waals surface area contributed by atoms with Crippen LogP contribution in [0.2, 0.25) is 0 Å². The van der Waals surface area contributed by atoms with Gasteiger partial charge in [-0.3, -0.25) is 4.98 Å². The van der Waals surface area contributed by atoms with E-state index in [1.54, 1.807) is 36.3 Å². The molecule has 0 fully saturated rings. The van der Waals surface area contributed by atoms with Gasteiger partial charge in [-0.25, -0.2) is 9.78 Å². The van der Waals surface area contributed by atoms with Gasteiger partial charge in [0, 0.05) is 25.6 Å². The van der Waals surface area contributed by atoms with E-state index in [-0.39, 0.29) is 11.0 Å². The molecule has 0 amide bonds. The number of aromatic nitrogens is 3. The van der Waals surface area contributed by atoms with Crippen LogP contribution >= 0.6 is 0 Å². The molecule has 6 heteroatoms. The molecule has 2 aromatic heterocycles. The summed E-state index contributed by atoms with van der Waals surface area (Å²) in [6, 6.07) is 3.11. The number of imidazole rings is 1. The minimum absolute atomic E-state index is 0. The molecule has 0 radical (unpaired) electrons. The summed E-state index contributed by atoms with van der Waals surface area (Å²) in [5.41, 5.74) is 0.546. The smallest absolute Gasteiger partial charge is 0.338 e. The number of nitrogens with zero attached hydrogens (tertiary/aromatic N) is 3. The second-order valence-electron chi connectivity index (χ2n) is 3.07. The van der Waals surface area contributed by atoms with Crippen molar-refractivity contribution in [3.05, 3.63) is 36.3 Å². The van der Waals surface area contributed by atoms with Gasteiger partial charge < -0.3 is 15.1 Å². The van der Waals surface area contributed by atoms with Crippen LogP contribution in [-0.2, 0) is 7.05 Å². The van der Waals surface area contributed by atoms with Crippen LogP contribution in [0.15, 0.2) is 30.7 Å². The zero-order chi connectivity index (χ0) is 10.8. The molecule has 2 aromatic rings. The van der Waals surface area contributed by atoms with E-state index in [0.717, 1.165) is 0 Å². The Morgan fingerprint density at radius 3 is 2.69 bits per heavy atom. The maximum absolute atomic E-state index is 11.0. The Bertz CT molecular complexity index is 508. The van der Waals surface area contributed by atoms with Crippen molar-refractivity contribution in [2.75, 3.05) is 0 Å². The Hall–Kier alpha value is -2.21. The lowest BCUT2D eigenvalue weighted by molar-refractivity contribution is 0.0697. The van der Waals surface area contributed by atoms with Crippen molar-refractivity contribution in [2.45, 2.75) is 0 Å². The predicted octanol–water partition coefficient (Wildman–Crippen LogP) is 0.356. The topological polar surface area (TPSA) is 99.5 Å². The van der Waals surface area contributed by atoms with Crippen molar-refractivity contribution >= 4 is 5.97 Å². The Morgan fingerprint density at radius 1 is 1.38 bits per heavy atom. The van der Waals surface area contributed by atoms with Gasteiger partial charge in [-0.1, -0.05) is 0 Å². The highest BCUT2D eigenvalue weighted by molar-refractivity contribution is 5.93. The SMILES string of the molecule is Cn1ccnc1-c1ncccc1C(=O)O.O. The molecule has 2 rings (SSSR count). The fraction of sp³-hybridized carbons (Fsp3) is 0.100. The van der Waals surface area contributed by atoms with Crippen LogP contribution in [0, 0.1) is 0 Å². The number of aryl methyl sites for hydroxylation is 1. The molecule has 0 atom stereocenters. The number of carbonyl (C=O) groups is 1. The number of aromatic carboxylic acids is 1. The summed E-state index contributed by atoms with van der Waals surface area (Å²) >= 11 is 0. The molecule has 0 unspecified atom stereocenters. The first-order valence-electron chi connectivity index (χ1n) is 4.36. The zero-order valence-corrected chi connectivity index (χ0v) is 8.58. The summed E-state index contributed by atoms with van der Waals surface area (Å²) in [4.78, 5) is 19.1. The highest BCUT2D eigenvalue weighted by Crippen LogP contribution is 2.18. The zero-order valence-electron chi connectivity index (χ0n) is 8.58. The lowest BCUT2D eigenvalue weighted by Gasteiger charge is -2.03. The average Bonchev–Trinajstić information content (AvgIpc) is 2.64. The molecule has 84 valence electrons. The molecule has 0 saturated carbocycles. The van der Waals surface area contributed by atoms with E-state index < -0.39 is 5.97 Å². The van der Waals surface area contributed by atoms with Crippen LogP contribution < -0.4 is 0 Å². The minimum Gasteiger partial charge on any atom is -0.478 e. The summed E-state index contributed by atoms with van der Waals surface area (Å²) < 4.78 is 1.73. The molecule has 0 aliphatic heterocycles. The van der Waals surface area contributed by atoms with Crippen LogP contribution in [0.1, 0.15) is 10.4 Å². The molecule has 0 saturated heterocycles. The van der Waals surface area contributed by atoms with Gasteiger partial charge in [0.1, 0.15) is 5.69 Å². The molecule has 0 aliphatic carbocycles. The first kappa shape index (κ1) is 11.9. The van der Waals surface area contributed by atoms with Gasteiger partial charge in [0.2, 0.25) is 0 Å². The molecule has 0 aliphatic rings. The summed E-state index contributed by atoms with van der Waals surface area (Å²) in [7, 11) is 1.79. The maximum Gasteiger partial charge on any atom is 0.338 e. The van der Waals surface area contributed by atoms with Crippen molar-refractivity contribution in [2.24, 2.45) is 7.05 Å². The Balaban J connectivity index is 0.00000128. The van der Waals surface area contributed by atoms with Crippen LogP contribution in [-0.4, -0.2) is 31.1 Å². The minimum atomic E-state index is -0.999. The van der Waals surface area contributed by atoms with Gasteiger partial charge in [-0.2, -0.15) is 0 Å². The summed E-state index contributed by atoms with van der Waals surface area (Å²) in [5, 5.41) is 8.98. The third-order valence-electron chi connectivity index (χ3n) is 2.07. The van der Waals surface area contributed by atoms with Gasteiger partial charge >= 0.3 is 5.97 Å². The highest BCUT2D eigenvalue weighted by Gasteiger charge is 2.15. The number of hydrogen-bond acceptors (Lipinski definition) is 3. The van der Waals surface area contributed by atoms with Gasteiger partial charge in [-0.05, 0) is 12.1 Å². The van der Waals surface area contributed by atoms with E-state index in [1.807, 2.05) is 0 Å². The first-order chi connectivity index (χ1) is 7.20. The van der Waals surface area contributed by atoms with Crippen molar-refractivity contribution < 1.29 is 15.4 Å². The molecule has 0 bridgehead atoms. The van der Waals surface area contributed by atoms with E-state index >= 15 is 0 Å². The van der Waals surface area contributed by atoms with Gasteiger partial charge in [0.05, 0.1) is 5.56 Å². The van der Waals surface area contributed by atoms with Gasteiger partial charge in [0.25, 0.3) is 0 Å². The number of hydrogen-bond donors (Lipinski definition) is 1. The van der Waals surface area contributed by atoms with E-state index in [9.17, 15) is 4.79 Å². The normalized spacial score (nSPS) is 9.56. The van der Waals surface area contributed by atoms with Gasteiger partial charge in [0.15, 0.2) is 5.82 Å². The lowest BCUT2D eigenvalue weighted by atomic mass is 10.2. The van der Waals surface area contributed by atoms with Crippen molar-refractivity contribution in [3.8, 4) is 11.5 Å². The summed E-state index contributed by atoms with van der Waals surface area (Å²) in [5.74, 6) is -0.450. The van der Waals surface area contributed by atoms with Crippen LogP contribution in [0.25, 0.3) is 11.5 Å². The first-order valence-corrected chi connectivity index (χ1v) is 4.36. The van der Waals surface area contributed by atoms with E-state index in [4.69, 9.17) is 5.11 Å². The Kier molecular flexibility index (Phi) is 3.37. The number of carboxylic acids is 1. The molecule has 16 heavy (non-hydrogen) atoms. The Morgan fingerprint density at radius 2 is 2.12 bits per heavy atom. The van der Waals surface area contributed by atoms with E-state index in [0.29, 0.717) is 11.5 Å². The molecule has 3 N–H and O–H groups in total. The number of carboxylic acid groups (broad SMARTS) is 1. The van der Waals surface area contributed by atoms with Crippen LogP contribution in [0.4, 0.5) is 0 Å². The second kappa shape index (κ2) is 4.54. The van der Waals surface area contributed by atoms with Crippen molar-refractivity contribution in [3.63, 3.8) is 0 Å². The third kappa shape index (κ3) is 1.91. The second-order valence-corrected chi connectivity index (χ2v) is 3.07. The fourth-order valence-corrected chi connectivity index (χ4v) is 1.35. The summed E-state index contributed by atoms with van der Waals surface area (Å²) in [6.07, 6.45) is 4.90.